The van der Waals surface area contributed by atoms with Crippen LogP contribution in [-0.4, -0.2) is 22.0 Å². The van der Waals surface area contributed by atoms with Crippen molar-refractivity contribution in [2.45, 2.75) is 6.92 Å². The Labute approximate surface area is 119 Å². The summed E-state index contributed by atoms with van der Waals surface area (Å²) in [5, 5.41) is 11.1. The van der Waals surface area contributed by atoms with Gasteiger partial charge in [0.15, 0.2) is 0 Å². The first-order chi connectivity index (χ1) is 10.1. The molecule has 0 atom stereocenters. The third-order valence-electron chi connectivity index (χ3n) is 2.74. The topological polar surface area (TPSA) is 125 Å². The monoisotopic (exact) mass is 291 g/mol. The molecule has 0 aliphatic rings. The Bertz CT molecular complexity index is 677. The lowest BCUT2D eigenvalue weighted by atomic mass is 10.2. The van der Waals surface area contributed by atoms with Gasteiger partial charge in [0.1, 0.15) is 17.9 Å². The molecule has 1 aromatic heterocycles. The van der Waals surface area contributed by atoms with Gasteiger partial charge in [-0.1, -0.05) is 0 Å². The SMILES string of the molecule is COc1ccc(Oc2ncnc(NN)c2C)c([N+](=O)[O-])c1. The van der Waals surface area contributed by atoms with E-state index in [4.69, 9.17) is 15.3 Å². The maximum absolute atomic E-state index is 11.1. The molecule has 2 aromatic rings. The van der Waals surface area contributed by atoms with Crippen molar-refractivity contribution >= 4 is 11.5 Å². The van der Waals surface area contributed by atoms with Crippen molar-refractivity contribution in [2.75, 3.05) is 12.5 Å². The number of nitrogens with zero attached hydrogens (tertiary/aromatic N) is 3. The molecule has 1 heterocycles. The number of methoxy groups -OCH3 is 1. The first kappa shape index (κ1) is 14.5. The summed E-state index contributed by atoms with van der Waals surface area (Å²) in [7, 11) is 1.42. The maximum Gasteiger partial charge on any atom is 0.315 e. The van der Waals surface area contributed by atoms with E-state index < -0.39 is 4.92 Å². The van der Waals surface area contributed by atoms with Crippen molar-refractivity contribution < 1.29 is 14.4 Å². The van der Waals surface area contributed by atoms with Gasteiger partial charge in [-0.25, -0.2) is 15.8 Å². The van der Waals surface area contributed by atoms with Gasteiger partial charge >= 0.3 is 5.69 Å². The zero-order valence-corrected chi connectivity index (χ0v) is 11.4. The zero-order valence-electron chi connectivity index (χ0n) is 11.4. The van der Waals surface area contributed by atoms with Crippen LogP contribution in [0.2, 0.25) is 0 Å². The van der Waals surface area contributed by atoms with Crippen molar-refractivity contribution in [2.24, 2.45) is 5.84 Å². The van der Waals surface area contributed by atoms with Gasteiger partial charge in [0.05, 0.1) is 23.7 Å². The van der Waals surface area contributed by atoms with Gasteiger partial charge in [-0.2, -0.15) is 0 Å². The molecule has 0 aliphatic heterocycles. The van der Waals surface area contributed by atoms with Gasteiger partial charge in [-0.15, -0.1) is 0 Å². The van der Waals surface area contributed by atoms with Crippen LogP contribution in [0.1, 0.15) is 5.56 Å². The van der Waals surface area contributed by atoms with Crippen molar-refractivity contribution in [1.82, 2.24) is 9.97 Å². The number of benzene rings is 1. The second kappa shape index (κ2) is 6.01. The van der Waals surface area contributed by atoms with E-state index in [0.717, 1.165) is 0 Å². The Hall–Kier alpha value is -2.94. The molecule has 0 amide bonds. The van der Waals surface area contributed by atoms with Crippen molar-refractivity contribution in [3.05, 3.63) is 40.2 Å². The number of nitrogens with one attached hydrogen (secondary N) is 1. The Balaban J connectivity index is 2.42. The number of ether oxygens (including phenoxy) is 2. The van der Waals surface area contributed by atoms with E-state index in [1.165, 1.54) is 25.6 Å². The van der Waals surface area contributed by atoms with Crippen molar-refractivity contribution in [1.29, 1.82) is 0 Å². The molecule has 0 spiro atoms. The Morgan fingerprint density at radius 3 is 2.76 bits per heavy atom. The number of nitro groups is 1. The number of hydrogen-bond acceptors (Lipinski definition) is 8. The van der Waals surface area contributed by atoms with Gasteiger partial charge < -0.3 is 14.9 Å². The molecule has 9 heteroatoms. The number of nitro benzene ring substituents is 1. The van der Waals surface area contributed by atoms with E-state index in [-0.39, 0.29) is 17.3 Å². The summed E-state index contributed by atoms with van der Waals surface area (Å²) in [6.07, 6.45) is 1.24. The highest BCUT2D eigenvalue weighted by Crippen LogP contribution is 2.35. The number of hydrogen-bond donors (Lipinski definition) is 2. The van der Waals surface area contributed by atoms with Crippen LogP contribution in [0, 0.1) is 17.0 Å². The number of hydrazine groups is 1. The maximum atomic E-state index is 11.1. The molecule has 2 rings (SSSR count). The summed E-state index contributed by atoms with van der Waals surface area (Å²) in [6, 6.07) is 4.27. The average Bonchev–Trinajstić information content (AvgIpc) is 2.49. The molecular formula is C12H13N5O4. The highest BCUT2D eigenvalue weighted by molar-refractivity contribution is 5.54. The summed E-state index contributed by atoms with van der Waals surface area (Å²) < 4.78 is 10.5. The molecule has 0 radical (unpaired) electrons. The Morgan fingerprint density at radius 1 is 1.38 bits per heavy atom. The third kappa shape index (κ3) is 2.98. The number of rotatable bonds is 5. The predicted octanol–water partition coefficient (Wildman–Crippen LogP) is 1.78. The predicted molar refractivity (Wildman–Crippen MR) is 74.3 cm³/mol. The standard InChI is InChI=1S/C12H13N5O4/c1-7-11(16-13)14-6-15-12(7)21-10-4-3-8(20-2)5-9(10)17(18)19/h3-6H,13H2,1-2H3,(H,14,15,16). The second-order valence-corrected chi connectivity index (χ2v) is 3.99. The van der Waals surface area contributed by atoms with Gasteiger partial charge in [0, 0.05) is 0 Å². The second-order valence-electron chi connectivity index (χ2n) is 3.99. The van der Waals surface area contributed by atoms with Crippen LogP contribution in [-0.2, 0) is 0 Å². The number of anilines is 1. The molecule has 0 fully saturated rings. The summed E-state index contributed by atoms with van der Waals surface area (Å²) in [5.74, 6) is 6.26. The fraction of sp³-hybridized carbons (Fsp3) is 0.167. The van der Waals surface area contributed by atoms with Gasteiger partial charge in [0.25, 0.3) is 0 Å². The number of aromatic nitrogens is 2. The zero-order chi connectivity index (χ0) is 15.4. The normalized spacial score (nSPS) is 10.0. The molecule has 3 N–H and O–H groups in total. The van der Waals surface area contributed by atoms with E-state index in [2.05, 4.69) is 15.4 Å². The summed E-state index contributed by atoms with van der Waals surface area (Å²) >= 11 is 0. The van der Waals surface area contributed by atoms with Crippen LogP contribution in [0.5, 0.6) is 17.4 Å². The molecule has 110 valence electrons. The van der Waals surface area contributed by atoms with Crippen molar-refractivity contribution in [3.63, 3.8) is 0 Å². The summed E-state index contributed by atoms with van der Waals surface area (Å²) in [5.41, 5.74) is 2.70. The van der Waals surface area contributed by atoms with E-state index in [1.54, 1.807) is 13.0 Å². The molecule has 0 bridgehead atoms. The molecule has 0 saturated heterocycles. The minimum atomic E-state index is -0.559. The lowest BCUT2D eigenvalue weighted by Crippen LogP contribution is -2.11. The minimum absolute atomic E-state index is 0.0468. The van der Waals surface area contributed by atoms with Crippen LogP contribution < -0.4 is 20.7 Å². The molecular weight excluding hydrogens is 278 g/mol. The van der Waals surface area contributed by atoms with E-state index in [9.17, 15) is 10.1 Å². The van der Waals surface area contributed by atoms with Gasteiger partial charge in [-0.3, -0.25) is 10.1 Å². The van der Waals surface area contributed by atoms with E-state index >= 15 is 0 Å². The highest BCUT2D eigenvalue weighted by atomic mass is 16.6. The first-order valence-electron chi connectivity index (χ1n) is 5.85. The lowest BCUT2D eigenvalue weighted by molar-refractivity contribution is -0.385. The quantitative estimate of drug-likeness (QED) is 0.485. The Morgan fingerprint density at radius 2 is 2.14 bits per heavy atom. The summed E-state index contributed by atoms with van der Waals surface area (Å²) in [4.78, 5) is 18.4. The van der Waals surface area contributed by atoms with Gasteiger partial charge in [0.2, 0.25) is 11.6 Å². The van der Waals surface area contributed by atoms with Gasteiger partial charge in [-0.05, 0) is 19.1 Å². The molecule has 0 saturated carbocycles. The number of nitrogens with two attached hydrogens (primary N) is 1. The van der Waals surface area contributed by atoms with Crippen LogP contribution in [0.4, 0.5) is 11.5 Å². The molecule has 21 heavy (non-hydrogen) atoms. The van der Waals surface area contributed by atoms with Crippen LogP contribution in [0.25, 0.3) is 0 Å². The average molecular weight is 291 g/mol. The van der Waals surface area contributed by atoms with Crippen LogP contribution in [0.15, 0.2) is 24.5 Å². The molecule has 0 unspecified atom stereocenters. The van der Waals surface area contributed by atoms with E-state index in [0.29, 0.717) is 17.1 Å². The van der Waals surface area contributed by atoms with E-state index in [1.807, 2.05) is 0 Å². The molecule has 0 aliphatic carbocycles. The molecule has 1 aromatic carbocycles. The van der Waals surface area contributed by atoms with Crippen molar-refractivity contribution in [3.8, 4) is 17.4 Å². The van der Waals surface area contributed by atoms with Crippen LogP contribution >= 0.6 is 0 Å². The fourth-order valence-electron chi connectivity index (χ4n) is 1.64. The highest BCUT2D eigenvalue weighted by Gasteiger charge is 2.19. The largest absolute Gasteiger partial charge is 0.496 e. The molecule has 9 nitrogen and oxygen atoms in total. The number of nitrogen functional groups attached to an aromatic ring is 1. The smallest absolute Gasteiger partial charge is 0.315 e. The minimum Gasteiger partial charge on any atom is -0.496 e. The lowest BCUT2D eigenvalue weighted by Gasteiger charge is -2.10. The fourth-order valence-corrected chi connectivity index (χ4v) is 1.64. The third-order valence-corrected chi connectivity index (χ3v) is 2.74. The van der Waals surface area contributed by atoms with Crippen LogP contribution in [0.3, 0.4) is 0 Å². The summed E-state index contributed by atoms with van der Waals surface area (Å²) in [6.45, 7) is 1.68. The Kier molecular flexibility index (Phi) is 4.14. The first-order valence-corrected chi connectivity index (χ1v) is 5.85.